The van der Waals surface area contributed by atoms with Crippen molar-refractivity contribution in [3.63, 3.8) is 0 Å². The summed E-state index contributed by atoms with van der Waals surface area (Å²) >= 11 is 5.13. The van der Waals surface area contributed by atoms with Crippen molar-refractivity contribution >= 4 is 34.4 Å². The second-order valence-corrected chi connectivity index (χ2v) is 4.87. The van der Waals surface area contributed by atoms with Gasteiger partial charge in [-0.25, -0.2) is 0 Å². The molecular formula is C15H14FN3O3S. The summed E-state index contributed by atoms with van der Waals surface area (Å²) in [5.41, 5.74) is 0.433. The Morgan fingerprint density at radius 1 is 1.22 bits per heavy atom. The number of ether oxygens (including phenoxy) is 1. The number of anilines is 2. The SMILES string of the molecule is CCOc1ccc(NC(=S)Nc2ccc(F)c([N+](=O)[O-])c2)cc1. The van der Waals surface area contributed by atoms with Crippen LogP contribution < -0.4 is 15.4 Å². The van der Waals surface area contributed by atoms with Crippen LogP contribution in [0.1, 0.15) is 6.92 Å². The highest BCUT2D eigenvalue weighted by atomic mass is 32.1. The van der Waals surface area contributed by atoms with Gasteiger partial charge in [-0.15, -0.1) is 0 Å². The molecule has 0 aliphatic rings. The number of nitrogens with zero attached hydrogens (tertiary/aromatic N) is 1. The molecule has 2 aromatic carbocycles. The molecule has 0 fully saturated rings. The van der Waals surface area contributed by atoms with Gasteiger partial charge in [0, 0.05) is 17.4 Å². The van der Waals surface area contributed by atoms with Crippen molar-refractivity contribution in [3.05, 3.63) is 58.4 Å². The van der Waals surface area contributed by atoms with Crippen molar-refractivity contribution in [2.45, 2.75) is 6.92 Å². The van der Waals surface area contributed by atoms with Crippen LogP contribution in [-0.2, 0) is 0 Å². The summed E-state index contributed by atoms with van der Waals surface area (Å²) in [5.74, 6) is -0.156. The lowest BCUT2D eigenvalue weighted by atomic mass is 10.2. The monoisotopic (exact) mass is 335 g/mol. The van der Waals surface area contributed by atoms with Crippen LogP contribution in [0.25, 0.3) is 0 Å². The number of nitro benzene ring substituents is 1. The first-order chi connectivity index (χ1) is 11.0. The minimum atomic E-state index is -0.897. The molecule has 6 nitrogen and oxygen atoms in total. The van der Waals surface area contributed by atoms with Gasteiger partial charge in [0.15, 0.2) is 5.11 Å². The number of nitrogens with one attached hydrogen (secondary N) is 2. The topological polar surface area (TPSA) is 76.4 Å². The van der Waals surface area contributed by atoms with E-state index in [1.165, 1.54) is 6.07 Å². The van der Waals surface area contributed by atoms with Gasteiger partial charge in [-0.05, 0) is 55.5 Å². The predicted octanol–water partition coefficient (Wildman–Crippen LogP) is 3.94. The summed E-state index contributed by atoms with van der Waals surface area (Å²) in [6.07, 6.45) is 0. The smallest absolute Gasteiger partial charge is 0.306 e. The predicted molar refractivity (Wildman–Crippen MR) is 90.5 cm³/mol. The van der Waals surface area contributed by atoms with Crippen LogP contribution in [0.4, 0.5) is 21.5 Å². The number of rotatable bonds is 5. The fourth-order valence-corrected chi connectivity index (χ4v) is 2.06. The first-order valence-electron chi connectivity index (χ1n) is 6.74. The van der Waals surface area contributed by atoms with Gasteiger partial charge in [0.1, 0.15) is 5.75 Å². The molecule has 120 valence electrons. The Balaban J connectivity index is 2.02. The van der Waals surface area contributed by atoms with Gasteiger partial charge in [-0.2, -0.15) is 4.39 Å². The van der Waals surface area contributed by atoms with Crippen molar-refractivity contribution in [2.75, 3.05) is 17.2 Å². The summed E-state index contributed by atoms with van der Waals surface area (Å²) < 4.78 is 18.6. The van der Waals surface area contributed by atoms with Crippen LogP contribution in [0, 0.1) is 15.9 Å². The molecule has 0 bridgehead atoms. The second-order valence-electron chi connectivity index (χ2n) is 4.46. The number of hydrogen-bond acceptors (Lipinski definition) is 4. The van der Waals surface area contributed by atoms with E-state index in [4.69, 9.17) is 17.0 Å². The molecule has 0 spiro atoms. The first-order valence-corrected chi connectivity index (χ1v) is 7.15. The van der Waals surface area contributed by atoms with Gasteiger partial charge in [0.25, 0.3) is 0 Å². The quantitative estimate of drug-likeness (QED) is 0.490. The van der Waals surface area contributed by atoms with E-state index in [9.17, 15) is 14.5 Å². The fraction of sp³-hybridized carbons (Fsp3) is 0.133. The molecule has 23 heavy (non-hydrogen) atoms. The van der Waals surface area contributed by atoms with Gasteiger partial charge >= 0.3 is 5.69 Å². The van der Waals surface area contributed by atoms with Crippen LogP contribution in [0.15, 0.2) is 42.5 Å². The molecular weight excluding hydrogens is 321 g/mol. The van der Waals surface area contributed by atoms with Crippen LogP contribution in [0.5, 0.6) is 5.75 Å². The fourth-order valence-electron chi connectivity index (χ4n) is 1.82. The lowest BCUT2D eigenvalue weighted by molar-refractivity contribution is -0.387. The zero-order valence-electron chi connectivity index (χ0n) is 12.2. The molecule has 0 aliphatic heterocycles. The van der Waals surface area contributed by atoms with Crippen LogP contribution in [0.2, 0.25) is 0 Å². The van der Waals surface area contributed by atoms with Gasteiger partial charge < -0.3 is 15.4 Å². The molecule has 0 aliphatic carbocycles. The Labute approximate surface area is 137 Å². The number of benzene rings is 2. The third kappa shape index (κ3) is 4.62. The molecule has 8 heteroatoms. The summed E-state index contributed by atoms with van der Waals surface area (Å²) in [6, 6.07) is 10.6. The van der Waals surface area contributed by atoms with Crippen molar-refractivity contribution in [3.8, 4) is 5.75 Å². The van der Waals surface area contributed by atoms with E-state index in [1.807, 2.05) is 6.92 Å². The Hall–Kier alpha value is -2.74. The van der Waals surface area contributed by atoms with Crippen LogP contribution >= 0.6 is 12.2 Å². The largest absolute Gasteiger partial charge is 0.494 e. The molecule has 2 rings (SSSR count). The molecule has 0 saturated carbocycles. The van der Waals surface area contributed by atoms with Crippen molar-refractivity contribution in [1.82, 2.24) is 0 Å². The average Bonchev–Trinajstić information content (AvgIpc) is 2.51. The van der Waals surface area contributed by atoms with E-state index in [0.29, 0.717) is 12.3 Å². The standard InChI is InChI=1S/C15H14FN3O3S/c1-2-22-12-6-3-10(4-7-12)17-15(23)18-11-5-8-13(16)14(9-11)19(20)21/h3-9H,2H2,1H3,(H2,17,18,23). The third-order valence-electron chi connectivity index (χ3n) is 2.82. The third-order valence-corrected chi connectivity index (χ3v) is 3.03. The molecule has 0 amide bonds. The minimum Gasteiger partial charge on any atom is -0.494 e. The Morgan fingerprint density at radius 2 is 1.83 bits per heavy atom. The minimum absolute atomic E-state index is 0.232. The molecule has 0 heterocycles. The number of thiocarbonyl (C=S) groups is 1. The van der Waals surface area contributed by atoms with E-state index >= 15 is 0 Å². The Bertz CT molecular complexity index is 722. The second kappa shape index (κ2) is 7.50. The lowest BCUT2D eigenvalue weighted by Crippen LogP contribution is -2.19. The summed E-state index contributed by atoms with van der Waals surface area (Å²) in [7, 11) is 0. The van der Waals surface area contributed by atoms with Gasteiger partial charge in [0.2, 0.25) is 5.82 Å². The maximum Gasteiger partial charge on any atom is 0.306 e. The normalized spacial score (nSPS) is 10.0. The molecule has 0 radical (unpaired) electrons. The highest BCUT2D eigenvalue weighted by Gasteiger charge is 2.14. The summed E-state index contributed by atoms with van der Waals surface area (Å²) in [4.78, 5) is 9.93. The number of nitro groups is 1. The van der Waals surface area contributed by atoms with Crippen molar-refractivity contribution in [1.29, 1.82) is 0 Å². The van der Waals surface area contributed by atoms with E-state index < -0.39 is 16.4 Å². The number of halogens is 1. The van der Waals surface area contributed by atoms with E-state index in [0.717, 1.165) is 23.6 Å². The van der Waals surface area contributed by atoms with E-state index in [-0.39, 0.29) is 5.11 Å². The van der Waals surface area contributed by atoms with Crippen molar-refractivity contribution in [2.24, 2.45) is 0 Å². The Morgan fingerprint density at radius 3 is 2.43 bits per heavy atom. The average molecular weight is 335 g/mol. The molecule has 0 aromatic heterocycles. The Kier molecular flexibility index (Phi) is 5.42. The first kappa shape index (κ1) is 16.6. The van der Waals surface area contributed by atoms with E-state index in [1.54, 1.807) is 24.3 Å². The molecule has 0 unspecified atom stereocenters. The molecule has 0 saturated heterocycles. The van der Waals surface area contributed by atoms with Gasteiger partial charge in [-0.1, -0.05) is 0 Å². The maximum atomic E-state index is 13.3. The molecule has 2 aromatic rings. The maximum absolute atomic E-state index is 13.3. The zero-order chi connectivity index (χ0) is 16.8. The van der Waals surface area contributed by atoms with E-state index in [2.05, 4.69) is 10.6 Å². The lowest BCUT2D eigenvalue weighted by Gasteiger charge is -2.11. The highest BCUT2D eigenvalue weighted by Crippen LogP contribution is 2.22. The van der Waals surface area contributed by atoms with Crippen molar-refractivity contribution < 1.29 is 14.1 Å². The molecule has 0 atom stereocenters. The highest BCUT2D eigenvalue weighted by molar-refractivity contribution is 7.80. The van der Waals surface area contributed by atoms with Gasteiger partial charge in [0.05, 0.1) is 11.5 Å². The van der Waals surface area contributed by atoms with Crippen LogP contribution in [-0.4, -0.2) is 16.6 Å². The summed E-state index contributed by atoms with van der Waals surface area (Å²) in [6.45, 7) is 2.48. The number of hydrogen-bond donors (Lipinski definition) is 2. The molecule has 2 N–H and O–H groups in total. The van der Waals surface area contributed by atoms with Gasteiger partial charge in [-0.3, -0.25) is 10.1 Å². The summed E-state index contributed by atoms with van der Waals surface area (Å²) in [5, 5.41) is 16.6. The zero-order valence-corrected chi connectivity index (χ0v) is 13.0. The van der Waals surface area contributed by atoms with Crippen LogP contribution in [0.3, 0.4) is 0 Å².